The van der Waals surface area contributed by atoms with E-state index in [1.165, 1.54) is 11.1 Å². The van der Waals surface area contributed by atoms with Gasteiger partial charge < -0.3 is 24.2 Å². The third-order valence-electron chi connectivity index (χ3n) is 4.01. The second-order valence-corrected chi connectivity index (χ2v) is 6.40. The third kappa shape index (κ3) is 7.23. The largest absolute Gasteiger partial charge is 0.483 e. The molecule has 0 fully saturated rings. The molecule has 3 aromatic rings. The fourth-order valence-electron chi connectivity index (χ4n) is 2.77. The summed E-state index contributed by atoms with van der Waals surface area (Å²) in [5, 5.41) is 13.8. The molecular weight excluding hydrogens is 374 g/mol. The zero-order valence-electron chi connectivity index (χ0n) is 17.1. The van der Waals surface area contributed by atoms with Crippen molar-refractivity contribution < 1.29 is 19.8 Å². The van der Waals surface area contributed by atoms with E-state index in [2.05, 4.69) is 62.4 Å². The number of benzene rings is 1. The van der Waals surface area contributed by atoms with E-state index in [1.54, 1.807) is 0 Å². The van der Waals surface area contributed by atoms with Crippen LogP contribution in [0.25, 0.3) is 11.5 Å². The average Bonchev–Trinajstić information content (AvgIpc) is 3.23. The first-order valence-corrected chi connectivity index (χ1v) is 8.76. The highest BCUT2D eigenvalue weighted by Crippen LogP contribution is 2.19. The first-order valence-electron chi connectivity index (χ1n) is 8.76. The Morgan fingerprint density at radius 3 is 2.28 bits per heavy atom. The summed E-state index contributed by atoms with van der Waals surface area (Å²) in [6.07, 6.45) is 5.76. The molecule has 0 atom stereocenters. The van der Waals surface area contributed by atoms with Gasteiger partial charge >= 0.3 is 0 Å². The summed E-state index contributed by atoms with van der Waals surface area (Å²) in [5.41, 5.74) is 3.64. The van der Waals surface area contributed by atoms with Crippen molar-refractivity contribution in [2.45, 2.75) is 20.0 Å². The number of carbonyl (C=O) groups is 2. The second kappa shape index (κ2) is 12.1. The monoisotopic (exact) mass is 401 g/mol. The van der Waals surface area contributed by atoms with Gasteiger partial charge in [0.25, 0.3) is 12.9 Å². The summed E-state index contributed by atoms with van der Waals surface area (Å²) in [4.78, 5) is 27.8. The molecular formula is C20H27N5O4. The minimum Gasteiger partial charge on any atom is -0.483 e. The quantitative estimate of drug-likeness (QED) is 0.629. The van der Waals surface area contributed by atoms with Crippen molar-refractivity contribution in [3.05, 3.63) is 59.8 Å². The Morgan fingerprint density at radius 1 is 1.10 bits per heavy atom. The molecule has 29 heavy (non-hydrogen) atoms. The van der Waals surface area contributed by atoms with Gasteiger partial charge in [0, 0.05) is 32.5 Å². The minimum atomic E-state index is -0.250. The van der Waals surface area contributed by atoms with Gasteiger partial charge in [-0.25, -0.2) is 9.97 Å². The molecule has 2 aromatic heterocycles. The van der Waals surface area contributed by atoms with Crippen LogP contribution in [0.1, 0.15) is 17.0 Å². The number of rotatable bonds is 5. The molecule has 0 saturated heterocycles. The SMILES string of the molecule is Cc1ncc(-c2nccn2Cc2cccc(CN(C)C)c2)n1C.O=CO.O=CO. The number of hydrogen-bond acceptors (Lipinski definition) is 5. The van der Waals surface area contributed by atoms with Crippen molar-refractivity contribution in [3.63, 3.8) is 0 Å². The van der Waals surface area contributed by atoms with E-state index in [9.17, 15) is 0 Å². The van der Waals surface area contributed by atoms with E-state index in [0.717, 1.165) is 30.4 Å². The highest BCUT2D eigenvalue weighted by molar-refractivity contribution is 5.50. The van der Waals surface area contributed by atoms with Gasteiger partial charge in [0.1, 0.15) is 11.5 Å². The van der Waals surface area contributed by atoms with Gasteiger partial charge in [-0.15, -0.1) is 0 Å². The van der Waals surface area contributed by atoms with Gasteiger partial charge in [0.2, 0.25) is 0 Å². The van der Waals surface area contributed by atoms with Gasteiger partial charge in [0.15, 0.2) is 5.82 Å². The van der Waals surface area contributed by atoms with Gasteiger partial charge in [-0.3, -0.25) is 9.59 Å². The molecule has 3 rings (SSSR count). The summed E-state index contributed by atoms with van der Waals surface area (Å²) in [6, 6.07) is 8.72. The maximum atomic E-state index is 8.36. The van der Waals surface area contributed by atoms with Crippen LogP contribution in [0, 0.1) is 6.92 Å². The maximum Gasteiger partial charge on any atom is 0.290 e. The Bertz CT molecular complexity index is 896. The summed E-state index contributed by atoms with van der Waals surface area (Å²) in [5.74, 6) is 1.94. The molecule has 0 aliphatic rings. The van der Waals surface area contributed by atoms with Crippen molar-refractivity contribution in [1.29, 1.82) is 0 Å². The van der Waals surface area contributed by atoms with Crippen LogP contribution in [-0.4, -0.2) is 61.3 Å². The Hall–Kier alpha value is -3.46. The first kappa shape index (κ1) is 23.6. The zero-order valence-corrected chi connectivity index (χ0v) is 17.1. The van der Waals surface area contributed by atoms with Crippen LogP contribution in [0.4, 0.5) is 0 Å². The standard InChI is InChI=1S/C18H23N5.2CH2O2/c1-14-20-11-17(22(14)4)18-19-8-9-23(18)13-16-7-5-6-15(10-16)12-21(2)3;2*2-1-3/h5-11H,12-13H2,1-4H3;2*1H,(H,2,3). The van der Waals surface area contributed by atoms with Gasteiger partial charge in [-0.2, -0.15) is 0 Å². The lowest BCUT2D eigenvalue weighted by Gasteiger charge is -2.12. The molecule has 0 unspecified atom stereocenters. The first-order chi connectivity index (χ1) is 13.9. The number of imidazole rings is 2. The third-order valence-corrected chi connectivity index (χ3v) is 4.01. The number of nitrogens with zero attached hydrogens (tertiary/aromatic N) is 5. The minimum absolute atomic E-state index is 0.250. The highest BCUT2D eigenvalue weighted by atomic mass is 16.3. The van der Waals surface area contributed by atoms with Crippen LogP contribution in [0.3, 0.4) is 0 Å². The number of hydrogen-bond donors (Lipinski definition) is 2. The molecule has 0 saturated carbocycles. The Labute approximate surface area is 169 Å². The molecule has 9 nitrogen and oxygen atoms in total. The van der Waals surface area contributed by atoms with E-state index < -0.39 is 0 Å². The van der Waals surface area contributed by atoms with Crippen molar-refractivity contribution in [3.8, 4) is 11.5 Å². The van der Waals surface area contributed by atoms with Crippen LogP contribution in [0.2, 0.25) is 0 Å². The summed E-state index contributed by atoms with van der Waals surface area (Å²) in [7, 11) is 6.20. The molecule has 9 heteroatoms. The topological polar surface area (TPSA) is 113 Å². The van der Waals surface area contributed by atoms with E-state index in [0.29, 0.717) is 0 Å². The summed E-state index contributed by atoms with van der Waals surface area (Å²) < 4.78 is 4.24. The Balaban J connectivity index is 0.000000626. The molecule has 0 bridgehead atoms. The Kier molecular flexibility index (Phi) is 9.83. The zero-order chi connectivity index (χ0) is 21.8. The average molecular weight is 401 g/mol. The molecule has 2 heterocycles. The van der Waals surface area contributed by atoms with Gasteiger partial charge in [-0.05, 0) is 32.1 Å². The van der Waals surface area contributed by atoms with Crippen molar-refractivity contribution >= 4 is 12.9 Å². The molecule has 2 N–H and O–H groups in total. The van der Waals surface area contributed by atoms with Crippen molar-refractivity contribution in [2.75, 3.05) is 14.1 Å². The van der Waals surface area contributed by atoms with Gasteiger partial charge in [0.05, 0.1) is 6.20 Å². The lowest BCUT2D eigenvalue weighted by Crippen LogP contribution is -2.11. The Morgan fingerprint density at radius 2 is 1.72 bits per heavy atom. The van der Waals surface area contributed by atoms with E-state index >= 15 is 0 Å². The van der Waals surface area contributed by atoms with Crippen molar-refractivity contribution in [1.82, 2.24) is 24.0 Å². The fraction of sp³-hybridized carbons (Fsp3) is 0.300. The molecule has 1 aromatic carbocycles. The lowest BCUT2D eigenvalue weighted by atomic mass is 10.1. The van der Waals surface area contributed by atoms with Crippen LogP contribution in [0.5, 0.6) is 0 Å². The summed E-state index contributed by atoms with van der Waals surface area (Å²) in [6.45, 7) is 3.26. The van der Waals surface area contributed by atoms with Crippen LogP contribution in [0.15, 0.2) is 42.9 Å². The molecule has 0 amide bonds. The van der Waals surface area contributed by atoms with Crippen molar-refractivity contribution in [2.24, 2.45) is 7.05 Å². The summed E-state index contributed by atoms with van der Waals surface area (Å²) >= 11 is 0. The highest BCUT2D eigenvalue weighted by Gasteiger charge is 2.12. The fourth-order valence-corrected chi connectivity index (χ4v) is 2.77. The van der Waals surface area contributed by atoms with Crippen LogP contribution in [-0.2, 0) is 29.7 Å². The van der Waals surface area contributed by atoms with Gasteiger partial charge in [-0.1, -0.05) is 24.3 Å². The molecule has 0 aliphatic carbocycles. The second-order valence-electron chi connectivity index (χ2n) is 6.40. The maximum absolute atomic E-state index is 8.36. The molecule has 156 valence electrons. The number of aryl methyl sites for hydroxylation is 1. The predicted octanol–water partition coefficient (Wildman–Crippen LogP) is 2.10. The van der Waals surface area contributed by atoms with E-state index in [-0.39, 0.29) is 12.9 Å². The van der Waals surface area contributed by atoms with E-state index in [4.69, 9.17) is 19.8 Å². The number of carboxylic acid groups (broad SMARTS) is 2. The predicted molar refractivity (Wildman–Crippen MR) is 109 cm³/mol. The normalized spacial score (nSPS) is 9.83. The van der Waals surface area contributed by atoms with E-state index in [1.807, 2.05) is 32.6 Å². The molecule has 0 aliphatic heterocycles. The number of aromatic nitrogens is 4. The smallest absolute Gasteiger partial charge is 0.290 e. The van der Waals surface area contributed by atoms with Crippen LogP contribution >= 0.6 is 0 Å². The molecule has 0 radical (unpaired) electrons. The van der Waals surface area contributed by atoms with Crippen LogP contribution < -0.4 is 0 Å². The molecule has 0 spiro atoms. The lowest BCUT2D eigenvalue weighted by molar-refractivity contribution is -0.123.